The Balaban J connectivity index is 1.76. The van der Waals surface area contributed by atoms with Gasteiger partial charge in [-0.3, -0.25) is 14.4 Å². The molecule has 1 aromatic heterocycles. The van der Waals surface area contributed by atoms with Crippen LogP contribution in [-0.2, 0) is 9.53 Å². The minimum atomic E-state index is -0.720. The van der Waals surface area contributed by atoms with E-state index in [1.165, 1.54) is 6.26 Å². The molecular formula is C23H18O5. The van der Waals surface area contributed by atoms with E-state index in [-0.39, 0.29) is 34.1 Å². The first-order chi connectivity index (χ1) is 13.4. The Morgan fingerprint density at radius 3 is 2.29 bits per heavy atom. The summed E-state index contributed by atoms with van der Waals surface area (Å²) in [5.74, 6) is -0.450. The fourth-order valence-corrected chi connectivity index (χ4v) is 4.43. The van der Waals surface area contributed by atoms with Crippen LogP contribution in [0.25, 0.3) is 0 Å². The van der Waals surface area contributed by atoms with Crippen LogP contribution in [0, 0.1) is 5.41 Å². The van der Waals surface area contributed by atoms with E-state index >= 15 is 0 Å². The first-order valence-electron chi connectivity index (χ1n) is 9.27. The van der Waals surface area contributed by atoms with Crippen molar-refractivity contribution in [2.75, 3.05) is 0 Å². The van der Waals surface area contributed by atoms with Gasteiger partial charge in [0.1, 0.15) is 11.5 Å². The number of carbonyl (C=O) groups is 3. The Kier molecular flexibility index (Phi) is 3.41. The smallest absolute Gasteiger partial charge is 0.229 e. The van der Waals surface area contributed by atoms with E-state index in [2.05, 4.69) is 0 Å². The van der Waals surface area contributed by atoms with Crippen LogP contribution in [-0.4, -0.2) is 17.3 Å². The zero-order valence-corrected chi connectivity index (χ0v) is 15.6. The predicted octanol–water partition coefficient (Wildman–Crippen LogP) is 4.37. The highest BCUT2D eigenvalue weighted by atomic mass is 16.5. The van der Waals surface area contributed by atoms with E-state index in [1.807, 2.05) is 13.8 Å². The molecule has 2 aromatic rings. The van der Waals surface area contributed by atoms with Gasteiger partial charge in [0.15, 0.2) is 17.3 Å². The van der Waals surface area contributed by atoms with Gasteiger partial charge in [0.25, 0.3) is 0 Å². The first kappa shape index (κ1) is 16.9. The largest absolute Gasteiger partial charge is 0.468 e. The van der Waals surface area contributed by atoms with Gasteiger partial charge in [0, 0.05) is 29.5 Å². The molecule has 1 aromatic carbocycles. The zero-order valence-electron chi connectivity index (χ0n) is 15.6. The summed E-state index contributed by atoms with van der Waals surface area (Å²) >= 11 is 0. The molecule has 0 fully saturated rings. The maximum absolute atomic E-state index is 13.3. The average molecular weight is 374 g/mol. The number of hydrogen-bond acceptors (Lipinski definition) is 5. The van der Waals surface area contributed by atoms with Crippen molar-refractivity contribution in [2.45, 2.75) is 32.6 Å². The fraction of sp³-hybridized carbons (Fsp3) is 0.261. The van der Waals surface area contributed by atoms with Crippen molar-refractivity contribution in [2.24, 2.45) is 5.41 Å². The highest BCUT2D eigenvalue weighted by molar-refractivity contribution is 6.27. The van der Waals surface area contributed by atoms with Crippen LogP contribution in [0.1, 0.15) is 59.1 Å². The van der Waals surface area contributed by atoms with Gasteiger partial charge in [0.05, 0.1) is 17.8 Å². The van der Waals surface area contributed by atoms with E-state index in [0.717, 1.165) is 0 Å². The Labute approximate surface area is 161 Å². The van der Waals surface area contributed by atoms with Crippen LogP contribution < -0.4 is 0 Å². The number of benzene rings is 1. The summed E-state index contributed by atoms with van der Waals surface area (Å²) in [7, 11) is 0. The van der Waals surface area contributed by atoms with Crippen molar-refractivity contribution in [3.8, 4) is 0 Å². The summed E-state index contributed by atoms with van der Waals surface area (Å²) in [6, 6.07) is 10.2. The van der Waals surface area contributed by atoms with Crippen LogP contribution in [0.4, 0.5) is 0 Å². The Morgan fingerprint density at radius 2 is 1.61 bits per heavy atom. The van der Waals surface area contributed by atoms with E-state index in [1.54, 1.807) is 36.4 Å². The SMILES string of the molecule is CC1(C)CC(=O)C2=C(C1)OC1=C(C(=O)c3ccccc3C1=O)C2c1ccco1. The number of fused-ring (bicyclic) bond motifs is 1. The molecule has 1 atom stereocenters. The molecule has 28 heavy (non-hydrogen) atoms. The van der Waals surface area contributed by atoms with Crippen LogP contribution in [0.2, 0.25) is 0 Å². The molecule has 3 aliphatic rings. The maximum atomic E-state index is 13.3. The molecule has 1 unspecified atom stereocenters. The van der Waals surface area contributed by atoms with E-state index in [4.69, 9.17) is 9.15 Å². The summed E-state index contributed by atoms with van der Waals surface area (Å²) < 4.78 is 11.6. The number of allylic oxidation sites excluding steroid dienone is 4. The van der Waals surface area contributed by atoms with Gasteiger partial charge in [-0.1, -0.05) is 38.1 Å². The van der Waals surface area contributed by atoms with E-state index in [0.29, 0.717) is 41.1 Å². The molecule has 0 bridgehead atoms. The zero-order chi connectivity index (χ0) is 19.6. The third-order valence-electron chi connectivity index (χ3n) is 5.62. The van der Waals surface area contributed by atoms with Crippen LogP contribution >= 0.6 is 0 Å². The third kappa shape index (κ3) is 2.29. The second-order valence-corrected chi connectivity index (χ2v) is 8.27. The van der Waals surface area contributed by atoms with Crippen molar-refractivity contribution in [3.63, 3.8) is 0 Å². The summed E-state index contributed by atoms with van der Waals surface area (Å²) in [6.45, 7) is 3.99. The van der Waals surface area contributed by atoms with Crippen molar-refractivity contribution in [1.29, 1.82) is 0 Å². The van der Waals surface area contributed by atoms with Gasteiger partial charge in [-0.15, -0.1) is 0 Å². The Bertz CT molecular complexity index is 1110. The standard InChI is InChI=1S/C23H18O5/c1-23(2)10-14(24)17-16(11-23)28-22-19(18(17)15-8-5-9-27-15)20(25)12-6-3-4-7-13(12)21(22)26/h3-9,18H,10-11H2,1-2H3. The molecular weight excluding hydrogens is 356 g/mol. The minimum Gasteiger partial charge on any atom is -0.468 e. The van der Waals surface area contributed by atoms with Crippen molar-refractivity contribution < 1.29 is 23.5 Å². The van der Waals surface area contributed by atoms with Gasteiger partial charge >= 0.3 is 0 Å². The number of Topliss-reactive ketones (excluding diaryl/α,β-unsaturated/α-hetero) is 3. The lowest BCUT2D eigenvalue weighted by atomic mass is 9.68. The van der Waals surface area contributed by atoms with Crippen molar-refractivity contribution in [1.82, 2.24) is 0 Å². The summed E-state index contributed by atoms with van der Waals surface area (Å²) in [6.07, 6.45) is 2.38. The summed E-state index contributed by atoms with van der Waals surface area (Å²) in [4.78, 5) is 39.6. The molecule has 5 rings (SSSR count). The second-order valence-electron chi connectivity index (χ2n) is 8.27. The highest BCUT2D eigenvalue weighted by Crippen LogP contribution is 2.51. The van der Waals surface area contributed by atoms with Crippen molar-refractivity contribution >= 4 is 17.3 Å². The average Bonchev–Trinajstić information content (AvgIpc) is 3.18. The monoisotopic (exact) mass is 374 g/mol. The molecule has 0 spiro atoms. The molecule has 140 valence electrons. The molecule has 2 aliphatic carbocycles. The summed E-state index contributed by atoms with van der Waals surface area (Å²) in [5.41, 5.74) is 1.02. The fourth-order valence-electron chi connectivity index (χ4n) is 4.43. The Hall–Kier alpha value is -3.21. The van der Waals surface area contributed by atoms with Gasteiger partial charge in [-0.25, -0.2) is 0 Å². The molecule has 2 heterocycles. The normalized spacial score (nSPS) is 23.2. The first-order valence-corrected chi connectivity index (χ1v) is 9.27. The molecule has 5 nitrogen and oxygen atoms in total. The minimum absolute atomic E-state index is 0.0225. The molecule has 1 aliphatic heterocycles. The van der Waals surface area contributed by atoms with Crippen molar-refractivity contribution in [3.05, 3.63) is 82.2 Å². The maximum Gasteiger partial charge on any atom is 0.229 e. The molecule has 0 amide bonds. The number of ketones is 3. The Morgan fingerprint density at radius 1 is 0.893 bits per heavy atom. The number of furan rings is 1. The van der Waals surface area contributed by atoms with Crippen LogP contribution in [0.3, 0.4) is 0 Å². The molecule has 5 heteroatoms. The highest BCUT2D eigenvalue weighted by Gasteiger charge is 2.49. The van der Waals surface area contributed by atoms with E-state index < -0.39 is 5.92 Å². The van der Waals surface area contributed by atoms with Gasteiger partial charge < -0.3 is 9.15 Å². The lowest BCUT2D eigenvalue weighted by molar-refractivity contribution is -0.119. The van der Waals surface area contributed by atoms with Crippen LogP contribution in [0.15, 0.2) is 69.7 Å². The topological polar surface area (TPSA) is 73.6 Å². The number of carbonyl (C=O) groups excluding carboxylic acids is 3. The van der Waals surface area contributed by atoms with Gasteiger partial charge in [-0.05, 0) is 17.5 Å². The van der Waals surface area contributed by atoms with Gasteiger partial charge in [0.2, 0.25) is 5.78 Å². The third-order valence-corrected chi connectivity index (χ3v) is 5.62. The lowest BCUT2D eigenvalue weighted by Gasteiger charge is -2.39. The number of ether oxygens (including phenoxy) is 1. The quantitative estimate of drug-likeness (QED) is 0.741. The van der Waals surface area contributed by atoms with Gasteiger partial charge in [-0.2, -0.15) is 0 Å². The molecule has 0 saturated carbocycles. The number of rotatable bonds is 1. The summed E-state index contributed by atoms with van der Waals surface area (Å²) in [5, 5.41) is 0. The molecule has 0 N–H and O–H groups in total. The lowest BCUT2D eigenvalue weighted by Crippen LogP contribution is -2.37. The molecule has 0 radical (unpaired) electrons. The van der Waals surface area contributed by atoms with E-state index in [9.17, 15) is 14.4 Å². The van der Waals surface area contributed by atoms with Crippen LogP contribution in [0.5, 0.6) is 0 Å². The number of hydrogen-bond donors (Lipinski definition) is 0. The predicted molar refractivity (Wildman–Crippen MR) is 99.7 cm³/mol. The second kappa shape index (κ2) is 5.64. The molecule has 0 saturated heterocycles.